The molecule has 0 fully saturated rings. The first kappa shape index (κ1) is 21.5. The summed E-state index contributed by atoms with van der Waals surface area (Å²) in [5.74, 6) is 1.15. The molecule has 0 saturated carbocycles. The van der Waals surface area contributed by atoms with Crippen molar-refractivity contribution >= 4 is 22.9 Å². The zero-order chi connectivity index (χ0) is 23.7. The first-order valence-corrected chi connectivity index (χ1v) is 10.9. The minimum atomic E-state index is -0.584. The van der Waals surface area contributed by atoms with Gasteiger partial charge in [-0.15, -0.1) is 0 Å². The number of rotatable bonds is 6. The molecule has 3 aromatic carbocycles. The molecule has 1 aliphatic heterocycles. The lowest BCUT2D eigenvalue weighted by atomic mass is 10.1. The molecule has 8 nitrogen and oxygen atoms in total. The molecule has 0 bridgehead atoms. The van der Waals surface area contributed by atoms with E-state index in [9.17, 15) is 9.59 Å². The van der Waals surface area contributed by atoms with Crippen LogP contribution in [0.15, 0.2) is 66.7 Å². The Morgan fingerprint density at radius 2 is 1.85 bits per heavy atom. The second-order valence-corrected chi connectivity index (χ2v) is 8.01. The van der Waals surface area contributed by atoms with Gasteiger partial charge in [-0.25, -0.2) is 9.78 Å². The molecule has 8 heteroatoms. The third-order valence-electron chi connectivity index (χ3n) is 5.68. The van der Waals surface area contributed by atoms with E-state index >= 15 is 0 Å². The highest BCUT2D eigenvalue weighted by Crippen LogP contribution is 2.34. The zero-order valence-electron chi connectivity index (χ0n) is 18.8. The lowest BCUT2D eigenvalue weighted by Crippen LogP contribution is -2.31. The molecule has 0 radical (unpaired) electrons. The molecule has 2 heterocycles. The van der Waals surface area contributed by atoms with Crippen LogP contribution in [0.3, 0.4) is 0 Å². The number of imidazole rings is 1. The van der Waals surface area contributed by atoms with Gasteiger partial charge in [-0.2, -0.15) is 0 Å². The van der Waals surface area contributed by atoms with Crippen molar-refractivity contribution in [2.24, 2.45) is 0 Å². The minimum absolute atomic E-state index is 0.188. The van der Waals surface area contributed by atoms with Crippen LogP contribution in [0.5, 0.6) is 11.5 Å². The number of nitrogens with zero attached hydrogens (tertiary/aromatic N) is 2. The van der Waals surface area contributed by atoms with Crippen LogP contribution < -0.4 is 14.8 Å². The van der Waals surface area contributed by atoms with E-state index in [-0.39, 0.29) is 19.4 Å². The summed E-state index contributed by atoms with van der Waals surface area (Å²) >= 11 is 0. The van der Waals surface area contributed by atoms with Crippen LogP contribution in [-0.2, 0) is 9.53 Å². The Morgan fingerprint density at radius 1 is 1.06 bits per heavy atom. The lowest BCUT2D eigenvalue weighted by Gasteiger charge is -2.15. The number of aromatic nitrogens is 2. The van der Waals surface area contributed by atoms with Crippen LogP contribution >= 0.6 is 0 Å². The lowest BCUT2D eigenvalue weighted by molar-refractivity contribution is -0.124. The third kappa shape index (κ3) is 4.17. The standard InChI is InChI=1S/C26H23N3O5/c1-16(18-9-11-23-24(13-18)34-15-33-23)27-25(30)14-32-26(31)19-8-10-22-21(12-19)28-17(2)29(22)20-6-4-3-5-7-20/h3-13,16H,14-15H2,1-2H3,(H,27,30). The summed E-state index contributed by atoms with van der Waals surface area (Å²) in [6.07, 6.45) is 0. The van der Waals surface area contributed by atoms with Gasteiger partial charge < -0.3 is 19.5 Å². The van der Waals surface area contributed by atoms with Gasteiger partial charge in [0.25, 0.3) is 5.91 Å². The van der Waals surface area contributed by atoms with Gasteiger partial charge in [-0.3, -0.25) is 9.36 Å². The number of esters is 1. The summed E-state index contributed by atoms with van der Waals surface area (Å²) in [7, 11) is 0. The van der Waals surface area contributed by atoms with Crippen molar-refractivity contribution in [1.29, 1.82) is 0 Å². The van der Waals surface area contributed by atoms with Crippen molar-refractivity contribution < 1.29 is 23.8 Å². The smallest absolute Gasteiger partial charge is 0.338 e. The van der Waals surface area contributed by atoms with E-state index in [4.69, 9.17) is 14.2 Å². The van der Waals surface area contributed by atoms with Crippen LogP contribution in [-0.4, -0.2) is 34.8 Å². The maximum atomic E-state index is 12.6. The van der Waals surface area contributed by atoms with Gasteiger partial charge in [0.05, 0.1) is 22.6 Å². The van der Waals surface area contributed by atoms with Crippen LogP contribution in [0.1, 0.15) is 34.7 Å². The average Bonchev–Trinajstić information content (AvgIpc) is 3.45. The van der Waals surface area contributed by atoms with Crippen molar-refractivity contribution in [2.75, 3.05) is 13.4 Å². The van der Waals surface area contributed by atoms with E-state index in [2.05, 4.69) is 10.3 Å². The molecule has 172 valence electrons. The predicted octanol–water partition coefficient (Wildman–Crippen LogP) is 4.10. The fourth-order valence-corrected chi connectivity index (χ4v) is 3.99. The zero-order valence-corrected chi connectivity index (χ0v) is 18.8. The normalized spacial score (nSPS) is 13.0. The molecule has 5 rings (SSSR count). The van der Waals surface area contributed by atoms with Gasteiger partial charge >= 0.3 is 5.97 Å². The van der Waals surface area contributed by atoms with Crippen molar-refractivity contribution in [3.63, 3.8) is 0 Å². The van der Waals surface area contributed by atoms with Crippen molar-refractivity contribution in [3.8, 4) is 17.2 Å². The Morgan fingerprint density at radius 3 is 2.68 bits per heavy atom. The van der Waals surface area contributed by atoms with Crippen LogP contribution in [0, 0.1) is 6.92 Å². The summed E-state index contributed by atoms with van der Waals surface area (Å²) in [4.78, 5) is 29.5. The number of fused-ring (bicyclic) bond motifs is 2. The fraction of sp³-hybridized carbons (Fsp3) is 0.192. The Hall–Kier alpha value is -4.33. The van der Waals surface area contributed by atoms with Crippen LogP contribution in [0.4, 0.5) is 0 Å². The molecule has 1 N–H and O–H groups in total. The van der Waals surface area contributed by atoms with Gasteiger partial charge in [0, 0.05) is 5.69 Å². The number of nitrogens with one attached hydrogen (secondary N) is 1. The largest absolute Gasteiger partial charge is 0.454 e. The Balaban J connectivity index is 1.23. The summed E-state index contributed by atoms with van der Waals surface area (Å²) in [5.41, 5.74) is 3.75. The number of para-hydroxylation sites is 1. The van der Waals surface area contributed by atoms with E-state index in [0.29, 0.717) is 22.6 Å². The van der Waals surface area contributed by atoms with Gasteiger partial charge in [0.2, 0.25) is 6.79 Å². The summed E-state index contributed by atoms with van der Waals surface area (Å²) in [5, 5.41) is 2.82. The number of benzene rings is 3. The van der Waals surface area contributed by atoms with E-state index in [1.54, 1.807) is 18.2 Å². The maximum absolute atomic E-state index is 12.6. The molecular formula is C26H23N3O5. The van der Waals surface area contributed by atoms with E-state index in [0.717, 1.165) is 22.6 Å². The van der Waals surface area contributed by atoms with Gasteiger partial charge in [-0.1, -0.05) is 24.3 Å². The Bertz CT molecular complexity index is 1380. The second-order valence-electron chi connectivity index (χ2n) is 8.01. The molecule has 1 unspecified atom stereocenters. The Kier molecular flexibility index (Phi) is 5.63. The number of hydrogen-bond acceptors (Lipinski definition) is 6. The fourth-order valence-electron chi connectivity index (χ4n) is 3.99. The molecule has 1 aliphatic rings. The topological polar surface area (TPSA) is 91.7 Å². The quantitative estimate of drug-likeness (QED) is 0.439. The van der Waals surface area contributed by atoms with E-state index < -0.39 is 11.9 Å². The number of hydrogen-bond donors (Lipinski definition) is 1. The molecule has 34 heavy (non-hydrogen) atoms. The molecule has 1 atom stereocenters. The van der Waals surface area contributed by atoms with Crippen molar-refractivity contribution in [2.45, 2.75) is 19.9 Å². The van der Waals surface area contributed by atoms with Crippen LogP contribution in [0.2, 0.25) is 0 Å². The highest BCUT2D eigenvalue weighted by molar-refractivity contribution is 5.95. The van der Waals surface area contributed by atoms with Crippen molar-refractivity contribution in [1.82, 2.24) is 14.9 Å². The minimum Gasteiger partial charge on any atom is -0.454 e. The summed E-state index contributed by atoms with van der Waals surface area (Å²) in [6, 6.07) is 20.3. The highest BCUT2D eigenvalue weighted by Gasteiger charge is 2.18. The molecule has 1 aromatic heterocycles. The molecule has 0 aliphatic carbocycles. The molecule has 1 amide bonds. The van der Waals surface area contributed by atoms with Crippen molar-refractivity contribution in [3.05, 3.63) is 83.7 Å². The third-order valence-corrected chi connectivity index (χ3v) is 5.68. The number of carbonyl (C=O) groups excluding carboxylic acids is 2. The predicted molar refractivity (Wildman–Crippen MR) is 125 cm³/mol. The van der Waals surface area contributed by atoms with Gasteiger partial charge in [-0.05, 0) is 61.9 Å². The van der Waals surface area contributed by atoms with E-state index in [1.165, 1.54) is 0 Å². The second kappa shape index (κ2) is 8.90. The van der Waals surface area contributed by atoms with E-state index in [1.807, 2.05) is 66.9 Å². The SMILES string of the molecule is Cc1nc2cc(C(=O)OCC(=O)NC(C)c3ccc4c(c3)OCO4)ccc2n1-c1ccccc1. The van der Waals surface area contributed by atoms with Gasteiger partial charge in [0.1, 0.15) is 5.82 Å². The van der Waals surface area contributed by atoms with Gasteiger partial charge in [0.15, 0.2) is 18.1 Å². The number of carbonyl (C=O) groups is 2. The molecular weight excluding hydrogens is 434 g/mol. The number of ether oxygens (including phenoxy) is 3. The highest BCUT2D eigenvalue weighted by atomic mass is 16.7. The molecule has 0 spiro atoms. The monoisotopic (exact) mass is 457 g/mol. The Labute approximate surface area is 196 Å². The first-order valence-electron chi connectivity index (χ1n) is 10.9. The number of aryl methyl sites for hydroxylation is 1. The summed E-state index contributed by atoms with van der Waals surface area (Å²) in [6.45, 7) is 3.56. The number of amides is 1. The summed E-state index contributed by atoms with van der Waals surface area (Å²) < 4.78 is 17.9. The average molecular weight is 457 g/mol. The molecule has 0 saturated heterocycles. The van der Waals surface area contributed by atoms with Crippen LogP contribution in [0.25, 0.3) is 16.7 Å². The maximum Gasteiger partial charge on any atom is 0.338 e. The molecule has 4 aromatic rings. The first-order chi connectivity index (χ1) is 16.5.